The van der Waals surface area contributed by atoms with Gasteiger partial charge in [-0.05, 0) is 24.5 Å². The Morgan fingerprint density at radius 1 is 1.21 bits per heavy atom. The minimum atomic E-state index is -0.953. The van der Waals surface area contributed by atoms with E-state index in [1.807, 2.05) is 0 Å². The number of carboxylic acid groups (broad SMARTS) is 1. The molecule has 1 rings (SSSR count). The lowest BCUT2D eigenvalue weighted by molar-refractivity contribution is 0.0695. The number of urea groups is 1. The fourth-order valence-electron chi connectivity index (χ4n) is 1.61. The van der Waals surface area contributed by atoms with E-state index < -0.39 is 5.97 Å². The lowest BCUT2D eigenvalue weighted by Gasteiger charge is -2.08. The molecule has 1 aromatic carbocycles. The summed E-state index contributed by atoms with van der Waals surface area (Å²) in [7, 11) is 0. The second-order valence-corrected chi connectivity index (χ2v) is 3.97. The van der Waals surface area contributed by atoms with Crippen LogP contribution >= 0.6 is 0 Å². The highest BCUT2D eigenvalue weighted by molar-refractivity contribution is 5.89. The first-order chi connectivity index (χ1) is 9.15. The first-order valence-electron chi connectivity index (χ1n) is 6.09. The van der Waals surface area contributed by atoms with Gasteiger partial charge in [0.15, 0.2) is 0 Å². The molecule has 0 aliphatic carbocycles. The Morgan fingerprint density at radius 3 is 2.58 bits per heavy atom. The van der Waals surface area contributed by atoms with Gasteiger partial charge >= 0.3 is 12.0 Å². The van der Waals surface area contributed by atoms with Crippen molar-refractivity contribution in [2.75, 3.05) is 13.1 Å². The Labute approximate surface area is 112 Å². The Morgan fingerprint density at radius 2 is 1.89 bits per heavy atom. The van der Waals surface area contributed by atoms with Crippen molar-refractivity contribution in [2.45, 2.75) is 12.8 Å². The minimum Gasteiger partial charge on any atom is -0.478 e. The lowest BCUT2D eigenvalue weighted by Crippen LogP contribution is -2.37. The Hall–Kier alpha value is -2.30. The average molecular weight is 262 g/mol. The quantitative estimate of drug-likeness (QED) is 0.518. The van der Waals surface area contributed by atoms with Crippen molar-refractivity contribution in [3.05, 3.63) is 48.0 Å². The monoisotopic (exact) mass is 262 g/mol. The number of carbonyl (C=O) groups is 2. The molecule has 0 radical (unpaired) electrons. The van der Waals surface area contributed by atoms with Crippen LogP contribution in [0.3, 0.4) is 0 Å². The largest absolute Gasteiger partial charge is 0.478 e. The van der Waals surface area contributed by atoms with E-state index in [0.717, 1.165) is 6.42 Å². The number of carbonyl (C=O) groups excluding carboxylic acids is 1. The highest BCUT2D eigenvalue weighted by atomic mass is 16.4. The number of amides is 2. The number of benzene rings is 1. The molecule has 5 heteroatoms. The summed E-state index contributed by atoms with van der Waals surface area (Å²) in [4.78, 5) is 22.3. The van der Waals surface area contributed by atoms with Crippen LogP contribution in [0.2, 0.25) is 0 Å². The number of aromatic carboxylic acids is 1. The molecule has 5 nitrogen and oxygen atoms in total. The minimum absolute atomic E-state index is 0.255. The van der Waals surface area contributed by atoms with Crippen LogP contribution in [-0.4, -0.2) is 30.2 Å². The second-order valence-electron chi connectivity index (χ2n) is 3.97. The summed E-state index contributed by atoms with van der Waals surface area (Å²) in [6.07, 6.45) is 2.93. The van der Waals surface area contributed by atoms with Gasteiger partial charge in [-0.2, -0.15) is 0 Å². The number of carboxylic acids is 1. The van der Waals surface area contributed by atoms with E-state index in [0.29, 0.717) is 25.1 Å². The van der Waals surface area contributed by atoms with Gasteiger partial charge < -0.3 is 15.7 Å². The van der Waals surface area contributed by atoms with Crippen molar-refractivity contribution in [3.8, 4) is 0 Å². The maximum Gasteiger partial charge on any atom is 0.335 e. The molecule has 1 aromatic rings. The topological polar surface area (TPSA) is 78.4 Å². The van der Waals surface area contributed by atoms with Crippen molar-refractivity contribution in [3.63, 3.8) is 0 Å². The summed E-state index contributed by atoms with van der Waals surface area (Å²) in [5.74, 6) is -0.953. The predicted octanol–water partition coefficient (Wildman–Crippen LogP) is 1.80. The van der Waals surface area contributed by atoms with Gasteiger partial charge in [0.2, 0.25) is 0 Å². The smallest absolute Gasteiger partial charge is 0.335 e. The van der Waals surface area contributed by atoms with Crippen molar-refractivity contribution in [1.82, 2.24) is 10.6 Å². The van der Waals surface area contributed by atoms with E-state index in [9.17, 15) is 9.59 Å². The van der Waals surface area contributed by atoms with Crippen molar-refractivity contribution < 1.29 is 14.7 Å². The van der Waals surface area contributed by atoms with E-state index >= 15 is 0 Å². The van der Waals surface area contributed by atoms with Gasteiger partial charge in [-0.15, -0.1) is 6.58 Å². The average Bonchev–Trinajstić information content (AvgIpc) is 2.39. The van der Waals surface area contributed by atoms with Gasteiger partial charge in [-0.25, -0.2) is 9.59 Å². The van der Waals surface area contributed by atoms with Crippen molar-refractivity contribution in [2.24, 2.45) is 0 Å². The summed E-state index contributed by atoms with van der Waals surface area (Å²) in [5, 5.41) is 14.4. The highest BCUT2D eigenvalue weighted by Gasteiger charge is 2.08. The van der Waals surface area contributed by atoms with Gasteiger partial charge in [0, 0.05) is 13.1 Å². The molecule has 0 fully saturated rings. The van der Waals surface area contributed by atoms with Crippen molar-refractivity contribution in [1.29, 1.82) is 0 Å². The Bertz CT molecular complexity index is 458. The molecule has 0 unspecified atom stereocenters. The zero-order valence-electron chi connectivity index (χ0n) is 10.7. The molecule has 0 saturated carbocycles. The van der Waals surface area contributed by atoms with Crippen LogP contribution in [0.15, 0.2) is 36.9 Å². The molecular formula is C14H18N2O3. The number of nitrogens with one attached hydrogen (secondary N) is 2. The van der Waals surface area contributed by atoms with Crippen LogP contribution in [0.5, 0.6) is 0 Å². The molecule has 0 aromatic heterocycles. The highest BCUT2D eigenvalue weighted by Crippen LogP contribution is 2.08. The van der Waals surface area contributed by atoms with Gasteiger partial charge in [0.25, 0.3) is 0 Å². The van der Waals surface area contributed by atoms with E-state index in [-0.39, 0.29) is 11.6 Å². The van der Waals surface area contributed by atoms with E-state index in [2.05, 4.69) is 17.2 Å². The van der Waals surface area contributed by atoms with Gasteiger partial charge in [-0.3, -0.25) is 0 Å². The number of hydrogen-bond acceptors (Lipinski definition) is 2. The standard InChI is InChI=1S/C14H18N2O3/c1-2-3-9-15-14(19)16-10-8-11-6-4-5-7-12(11)13(17)18/h2,4-7H,1,3,8-10H2,(H,17,18)(H2,15,16,19). The molecule has 2 amide bonds. The van der Waals surface area contributed by atoms with Crippen molar-refractivity contribution >= 4 is 12.0 Å². The molecule has 0 saturated heterocycles. The molecule has 0 aliphatic rings. The van der Waals surface area contributed by atoms with Crippen LogP contribution in [-0.2, 0) is 6.42 Å². The molecule has 0 spiro atoms. The molecule has 102 valence electrons. The predicted molar refractivity (Wildman–Crippen MR) is 73.3 cm³/mol. The first-order valence-corrected chi connectivity index (χ1v) is 6.09. The maximum atomic E-state index is 11.4. The fourth-order valence-corrected chi connectivity index (χ4v) is 1.61. The maximum absolute atomic E-state index is 11.4. The second kappa shape index (κ2) is 7.92. The molecule has 0 bridgehead atoms. The molecule has 19 heavy (non-hydrogen) atoms. The first kappa shape index (κ1) is 14.8. The molecule has 0 aliphatic heterocycles. The molecular weight excluding hydrogens is 244 g/mol. The molecule has 3 N–H and O–H groups in total. The lowest BCUT2D eigenvalue weighted by atomic mass is 10.0. The van der Waals surface area contributed by atoms with E-state index in [1.165, 1.54) is 0 Å². The normalized spacial score (nSPS) is 9.68. The summed E-state index contributed by atoms with van der Waals surface area (Å²) in [6.45, 7) is 4.49. The Kier molecular flexibility index (Phi) is 6.15. The summed E-state index contributed by atoms with van der Waals surface area (Å²) >= 11 is 0. The fraction of sp³-hybridized carbons (Fsp3) is 0.286. The summed E-state index contributed by atoms with van der Waals surface area (Å²) in [6, 6.07) is 6.52. The third-order valence-electron chi connectivity index (χ3n) is 2.56. The van der Waals surface area contributed by atoms with Crippen LogP contribution < -0.4 is 10.6 Å². The molecule has 0 atom stereocenters. The zero-order valence-corrected chi connectivity index (χ0v) is 10.7. The third-order valence-corrected chi connectivity index (χ3v) is 2.56. The van der Waals surface area contributed by atoms with Gasteiger partial charge in [0.05, 0.1) is 5.56 Å². The number of hydrogen-bond donors (Lipinski definition) is 3. The van der Waals surface area contributed by atoms with Crippen LogP contribution in [0.25, 0.3) is 0 Å². The zero-order chi connectivity index (χ0) is 14.1. The van der Waals surface area contributed by atoms with E-state index in [1.54, 1.807) is 30.3 Å². The summed E-state index contributed by atoms with van der Waals surface area (Å²) < 4.78 is 0. The van der Waals surface area contributed by atoms with Gasteiger partial charge in [-0.1, -0.05) is 24.3 Å². The van der Waals surface area contributed by atoms with Gasteiger partial charge in [0.1, 0.15) is 0 Å². The Balaban J connectivity index is 2.39. The van der Waals surface area contributed by atoms with Crippen LogP contribution in [0.4, 0.5) is 4.79 Å². The van der Waals surface area contributed by atoms with Crippen LogP contribution in [0, 0.1) is 0 Å². The molecule has 0 heterocycles. The number of rotatable bonds is 7. The summed E-state index contributed by atoms with van der Waals surface area (Å²) in [5.41, 5.74) is 0.984. The van der Waals surface area contributed by atoms with E-state index in [4.69, 9.17) is 5.11 Å². The third kappa shape index (κ3) is 5.25. The SMILES string of the molecule is C=CCCNC(=O)NCCc1ccccc1C(=O)O. The van der Waals surface area contributed by atoms with Crippen LogP contribution in [0.1, 0.15) is 22.3 Å².